The van der Waals surface area contributed by atoms with Gasteiger partial charge in [-0.3, -0.25) is 24.6 Å². The lowest BCUT2D eigenvalue weighted by molar-refractivity contribution is -0.153. The molecule has 41 heavy (non-hydrogen) atoms. The number of benzene rings is 1. The maximum atomic E-state index is 14.0. The summed E-state index contributed by atoms with van der Waals surface area (Å²) in [7, 11) is 6.54. The van der Waals surface area contributed by atoms with Gasteiger partial charge in [-0.2, -0.15) is 0 Å². The van der Waals surface area contributed by atoms with Crippen molar-refractivity contribution in [3.63, 3.8) is 0 Å². The number of phenols is 1. The number of rotatable bonds is 7. The zero-order chi connectivity index (χ0) is 30.5. The Kier molecular flexibility index (Phi) is 7.80. The summed E-state index contributed by atoms with van der Waals surface area (Å²) in [6.07, 6.45) is 0.730. The Morgan fingerprint density at radius 2 is 1.83 bits per heavy atom. The molecule has 0 aliphatic heterocycles. The van der Waals surface area contributed by atoms with Crippen LogP contribution in [0.5, 0.6) is 5.75 Å². The normalized spacial score (nSPS) is 25.5. The van der Waals surface area contributed by atoms with Crippen LogP contribution in [0.2, 0.25) is 0 Å². The number of Topliss-reactive ketones (excluding diaryl/α,β-unsaturated/α-hetero) is 2. The van der Waals surface area contributed by atoms with E-state index in [0.29, 0.717) is 17.7 Å². The molecule has 1 aromatic carbocycles. The molecule has 13 heteroatoms. The number of phenolic OH excluding ortho intramolecular Hbond substituents is 1. The van der Waals surface area contributed by atoms with Crippen LogP contribution >= 0.6 is 0 Å². The molecule has 0 spiro atoms. The number of aromatic hydroxyl groups is 1. The van der Waals surface area contributed by atoms with E-state index in [0.717, 1.165) is 6.42 Å². The number of aliphatic hydroxyl groups excluding tert-OH is 2. The number of nitrogens with zero attached hydrogens (tertiary/aromatic N) is 2. The molecular formula is C28H36N4O9. The Morgan fingerprint density at radius 1 is 1.17 bits per heavy atom. The number of nitrogens with one attached hydrogen (secondary N) is 1. The third kappa shape index (κ3) is 4.58. The molecule has 3 aliphatic rings. The number of unbranched alkanes of at least 4 members (excludes halogenated alkanes) is 1. The van der Waals surface area contributed by atoms with Gasteiger partial charge in [0, 0.05) is 31.3 Å². The SMILES string of the molecule is CCCCOC(=O)Nc1cc(N(C)C)c2c(c1O)C(O)=C1C(=O)C3(O)C(O)=C(C(N)=O)C(=O)C(N(C)C)C3CC1C2. The molecule has 1 fully saturated rings. The summed E-state index contributed by atoms with van der Waals surface area (Å²) >= 11 is 0. The van der Waals surface area contributed by atoms with Crippen molar-refractivity contribution in [3.8, 4) is 5.75 Å². The Morgan fingerprint density at radius 3 is 2.39 bits per heavy atom. The monoisotopic (exact) mass is 572 g/mol. The highest BCUT2D eigenvalue weighted by Crippen LogP contribution is 2.54. The van der Waals surface area contributed by atoms with E-state index < -0.39 is 69.9 Å². The standard InChI is InChI=1S/C28H36N4O9/c1-6-7-8-41-27(39)30-15-11-16(31(2)3)13-9-12-10-14-20(32(4)5)23(35)19(26(29)38)25(37)28(14,40)24(36)17(12)22(34)18(13)21(15)33/h11-12,14,20,33-34,37,40H,6-10H2,1-5H3,(H2,29,38)(H,30,39). The number of ether oxygens (including phenoxy) is 1. The molecule has 7 N–H and O–H groups in total. The molecular weight excluding hydrogens is 536 g/mol. The summed E-state index contributed by atoms with van der Waals surface area (Å²) in [4.78, 5) is 54.9. The lowest BCUT2D eigenvalue weighted by Crippen LogP contribution is -2.65. The van der Waals surface area contributed by atoms with Crippen molar-refractivity contribution in [1.29, 1.82) is 0 Å². The zero-order valence-electron chi connectivity index (χ0n) is 23.6. The van der Waals surface area contributed by atoms with Crippen molar-refractivity contribution in [2.45, 2.75) is 44.2 Å². The third-order valence-electron chi connectivity index (χ3n) is 8.15. The summed E-state index contributed by atoms with van der Waals surface area (Å²) in [5.41, 5.74) is 2.27. The number of ketones is 2. The Balaban J connectivity index is 1.90. The number of fused-ring (bicyclic) bond motifs is 3. The number of likely N-dealkylation sites (N-methyl/N-ethyl adjacent to an activating group) is 1. The van der Waals surface area contributed by atoms with Crippen LogP contribution in [-0.4, -0.2) is 95.3 Å². The summed E-state index contributed by atoms with van der Waals surface area (Å²) in [5, 5.41) is 47.9. The fourth-order valence-electron chi connectivity index (χ4n) is 6.24. The maximum Gasteiger partial charge on any atom is 0.411 e. The number of carbonyl (C=O) groups is 4. The highest BCUT2D eigenvalue weighted by atomic mass is 16.5. The van der Waals surface area contributed by atoms with Crippen molar-refractivity contribution in [2.75, 3.05) is 45.0 Å². The first-order valence-electron chi connectivity index (χ1n) is 13.3. The highest BCUT2D eigenvalue weighted by Gasteiger charge is 2.64. The number of aliphatic hydroxyl groups is 3. The summed E-state index contributed by atoms with van der Waals surface area (Å²) in [5.74, 6) is -7.44. The lowest BCUT2D eigenvalue weighted by Gasteiger charge is -2.50. The topological polar surface area (TPSA) is 203 Å². The van der Waals surface area contributed by atoms with Crippen LogP contribution in [0.1, 0.15) is 37.3 Å². The molecule has 3 aliphatic carbocycles. The third-order valence-corrected chi connectivity index (χ3v) is 8.15. The van der Waals surface area contributed by atoms with E-state index in [1.165, 1.54) is 25.1 Å². The molecule has 0 bridgehead atoms. The molecule has 4 atom stereocenters. The first-order valence-corrected chi connectivity index (χ1v) is 13.3. The number of hydrogen-bond donors (Lipinski definition) is 6. The van der Waals surface area contributed by atoms with Crippen molar-refractivity contribution in [2.24, 2.45) is 17.6 Å². The molecule has 1 aromatic rings. The number of primary amides is 1. The molecule has 4 unspecified atom stereocenters. The Bertz CT molecular complexity index is 1400. The van der Waals surface area contributed by atoms with Gasteiger partial charge in [-0.1, -0.05) is 13.3 Å². The van der Waals surface area contributed by atoms with Gasteiger partial charge in [0.2, 0.25) is 5.78 Å². The number of hydrogen-bond acceptors (Lipinski definition) is 11. The van der Waals surface area contributed by atoms with E-state index in [2.05, 4.69) is 5.32 Å². The Hall–Kier alpha value is -4.10. The van der Waals surface area contributed by atoms with Crippen molar-refractivity contribution in [1.82, 2.24) is 4.90 Å². The minimum atomic E-state index is -2.73. The first kappa shape index (κ1) is 29.9. The van der Waals surface area contributed by atoms with Gasteiger partial charge in [-0.05, 0) is 50.9 Å². The van der Waals surface area contributed by atoms with E-state index in [1.54, 1.807) is 19.0 Å². The van der Waals surface area contributed by atoms with Crippen LogP contribution in [-0.2, 0) is 25.5 Å². The van der Waals surface area contributed by atoms with Gasteiger partial charge in [0.25, 0.3) is 5.91 Å². The predicted octanol–water partition coefficient (Wildman–Crippen LogP) is 1.38. The molecule has 0 aromatic heterocycles. The zero-order valence-corrected chi connectivity index (χ0v) is 23.6. The maximum absolute atomic E-state index is 14.0. The number of nitrogens with two attached hydrogens (primary N) is 1. The number of anilines is 2. The predicted molar refractivity (Wildman–Crippen MR) is 148 cm³/mol. The molecule has 0 radical (unpaired) electrons. The lowest BCUT2D eigenvalue weighted by atomic mass is 9.57. The van der Waals surface area contributed by atoms with Crippen molar-refractivity contribution >= 4 is 40.7 Å². The van der Waals surface area contributed by atoms with E-state index in [1.807, 2.05) is 6.92 Å². The van der Waals surface area contributed by atoms with Crippen LogP contribution in [0.25, 0.3) is 5.76 Å². The first-order chi connectivity index (χ1) is 19.2. The van der Waals surface area contributed by atoms with Gasteiger partial charge in [0.05, 0.1) is 23.9 Å². The van der Waals surface area contributed by atoms with E-state index in [9.17, 15) is 39.6 Å². The highest BCUT2D eigenvalue weighted by molar-refractivity contribution is 6.24. The van der Waals surface area contributed by atoms with E-state index >= 15 is 0 Å². The van der Waals surface area contributed by atoms with Crippen LogP contribution in [0.4, 0.5) is 16.2 Å². The second-order valence-electron chi connectivity index (χ2n) is 11.1. The van der Waals surface area contributed by atoms with Gasteiger partial charge >= 0.3 is 6.09 Å². The summed E-state index contributed by atoms with van der Waals surface area (Å²) in [6, 6.07) is 0.356. The van der Waals surface area contributed by atoms with Gasteiger partial charge in [0.15, 0.2) is 17.1 Å². The van der Waals surface area contributed by atoms with Gasteiger partial charge in [-0.25, -0.2) is 4.79 Å². The largest absolute Gasteiger partial charge is 0.508 e. The minimum absolute atomic E-state index is 0.0247. The molecule has 0 heterocycles. The average molecular weight is 573 g/mol. The fraction of sp³-hybridized carbons (Fsp3) is 0.500. The smallest absolute Gasteiger partial charge is 0.411 e. The molecule has 13 nitrogen and oxygen atoms in total. The molecule has 0 saturated heterocycles. The molecule has 4 rings (SSSR count). The van der Waals surface area contributed by atoms with Gasteiger partial charge in [0.1, 0.15) is 17.1 Å². The second-order valence-corrected chi connectivity index (χ2v) is 11.1. The van der Waals surface area contributed by atoms with Crippen LogP contribution in [0, 0.1) is 11.8 Å². The van der Waals surface area contributed by atoms with Gasteiger partial charge in [-0.15, -0.1) is 0 Å². The fourth-order valence-corrected chi connectivity index (χ4v) is 6.24. The Labute approximate surface area is 236 Å². The van der Waals surface area contributed by atoms with E-state index in [-0.39, 0.29) is 36.3 Å². The summed E-state index contributed by atoms with van der Waals surface area (Å²) in [6.45, 7) is 2.10. The molecule has 1 saturated carbocycles. The average Bonchev–Trinajstić information content (AvgIpc) is 2.87. The van der Waals surface area contributed by atoms with Crippen LogP contribution < -0.4 is 16.0 Å². The van der Waals surface area contributed by atoms with Gasteiger partial charge < -0.3 is 35.8 Å². The number of amides is 2. The quantitative estimate of drug-likeness (QED) is 0.156. The van der Waals surface area contributed by atoms with Crippen molar-refractivity contribution < 1.29 is 44.3 Å². The number of carbonyl (C=O) groups excluding carboxylic acids is 4. The van der Waals surface area contributed by atoms with Crippen LogP contribution in [0.15, 0.2) is 23.0 Å². The van der Waals surface area contributed by atoms with Crippen molar-refractivity contribution in [3.05, 3.63) is 34.1 Å². The van der Waals surface area contributed by atoms with Crippen LogP contribution in [0.3, 0.4) is 0 Å². The molecule has 222 valence electrons. The van der Waals surface area contributed by atoms with E-state index in [4.69, 9.17) is 10.5 Å². The minimum Gasteiger partial charge on any atom is -0.508 e. The second kappa shape index (κ2) is 10.7. The molecule has 2 amide bonds. The summed E-state index contributed by atoms with van der Waals surface area (Å²) < 4.78 is 5.13.